The molecule has 1 fully saturated rings. The van der Waals surface area contributed by atoms with E-state index in [1.165, 1.54) is 12.2 Å². The van der Waals surface area contributed by atoms with Gasteiger partial charge in [-0.1, -0.05) is 30.7 Å². The Bertz CT molecular complexity index is 519. The Balaban J connectivity index is 2.06. The topological polar surface area (TPSA) is 41.6 Å². The molecule has 3 nitrogen and oxygen atoms in total. The molecule has 102 valence electrons. The van der Waals surface area contributed by atoms with Crippen LogP contribution in [0.3, 0.4) is 0 Å². The second-order valence-electron chi connectivity index (χ2n) is 5.18. The van der Waals surface area contributed by atoms with Crippen molar-refractivity contribution in [2.24, 2.45) is 10.7 Å². The molecule has 0 amide bonds. The number of nitrogens with two attached hydrogens (primary N) is 1. The second-order valence-corrected chi connectivity index (χ2v) is 7.04. The fourth-order valence-electron chi connectivity index (χ4n) is 3.08. The first-order valence-electron chi connectivity index (χ1n) is 6.61. The highest BCUT2D eigenvalue weighted by atomic mass is 35.5. The predicted molar refractivity (Wildman–Crippen MR) is 84.3 cm³/mol. The number of anilines is 1. The molecule has 0 aromatic heterocycles. The average Bonchev–Trinajstić information content (AvgIpc) is 2.73. The van der Waals surface area contributed by atoms with Gasteiger partial charge in [0.2, 0.25) is 0 Å². The Kier molecular flexibility index (Phi) is 3.39. The Morgan fingerprint density at radius 1 is 1.47 bits per heavy atom. The number of nitrogens with zero attached hydrogens (tertiary/aromatic N) is 2. The summed E-state index contributed by atoms with van der Waals surface area (Å²) in [4.78, 5) is 6.68. The summed E-state index contributed by atoms with van der Waals surface area (Å²) in [6, 6.07) is 7.89. The monoisotopic (exact) mass is 295 g/mol. The molecule has 2 atom stereocenters. The number of guanidine groups is 1. The maximum atomic E-state index is 6.36. The molecule has 5 heteroatoms. The standard InChI is InChI=1S/C14H18ClN3S/c1-10-14(7-4-8-19-10)9-17-13(16)18(14)12-6-3-2-5-11(12)15/h2-3,5-6,10H,4,7-9H2,1H3,(H2,16,17). The summed E-state index contributed by atoms with van der Waals surface area (Å²) in [7, 11) is 0. The van der Waals surface area contributed by atoms with E-state index in [0.717, 1.165) is 23.7 Å². The van der Waals surface area contributed by atoms with Crippen molar-refractivity contribution in [1.82, 2.24) is 0 Å². The molecule has 2 heterocycles. The molecule has 3 rings (SSSR count). The Labute approximate surface area is 123 Å². The fraction of sp³-hybridized carbons (Fsp3) is 0.500. The van der Waals surface area contributed by atoms with Gasteiger partial charge in [-0.2, -0.15) is 11.8 Å². The van der Waals surface area contributed by atoms with Crippen LogP contribution in [0, 0.1) is 0 Å². The lowest BCUT2D eigenvalue weighted by Crippen LogP contribution is -2.58. The van der Waals surface area contributed by atoms with Crippen LogP contribution in [-0.2, 0) is 0 Å². The molecule has 1 aromatic rings. The first-order chi connectivity index (χ1) is 9.15. The molecule has 2 unspecified atom stereocenters. The van der Waals surface area contributed by atoms with Crippen LogP contribution in [0.2, 0.25) is 5.02 Å². The molecule has 1 aromatic carbocycles. The van der Waals surface area contributed by atoms with Gasteiger partial charge in [-0.05, 0) is 30.7 Å². The van der Waals surface area contributed by atoms with E-state index in [-0.39, 0.29) is 5.54 Å². The molecular weight excluding hydrogens is 278 g/mol. The second kappa shape index (κ2) is 4.91. The van der Waals surface area contributed by atoms with Crippen LogP contribution in [0.5, 0.6) is 0 Å². The van der Waals surface area contributed by atoms with Crippen LogP contribution in [0.1, 0.15) is 19.8 Å². The van der Waals surface area contributed by atoms with Crippen LogP contribution >= 0.6 is 23.4 Å². The fourth-order valence-corrected chi connectivity index (χ4v) is 4.57. The minimum atomic E-state index is -0.00199. The molecule has 0 saturated carbocycles. The quantitative estimate of drug-likeness (QED) is 0.865. The summed E-state index contributed by atoms with van der Waals surface area (Å²) in [6.45, 7) is 3.06. The van der Waals surface area contributed by atoms with Gasteiger partial charge in [-0.25, -0.2) is 0 Å². The molecule has 1 spiro atoms. The van der Waals surface area contributed by atoms with Crippen molar-refractivity contribution in [2.45, 2.75) is 30.6 Å². The highest BCUT2D eigenvalue weighted by Crippen LogP contribution is 2.44. The van der Waals surface area contributed by atoms with Gasteiger partial charge in [0, 0.05) is 5.25 Å². The summed E-state index contributed by atoms with van der Waals surface area (Å²) >= 11 is 8.37. The van der Waals surface area contributed by atoms with Gasteiger partial charge in [0.15, 0.2) is 5.96 Å². The highest BCUT2D eigenvalue weighted by Gasteiger charge is 2.49. The summed E-state index contributed by atoms with van der Waals surface area (Å²) in [5, 5.41) is 1.24. The van der Waals surface area contributed by atoms with Gasteiger partial charge in [0.1, 0.15) is 0 Å². The zero-order chi connectivity index (χ0) is 13.5. The molecule has 2 N–H and O–H groups in total. The minimum absolute atomic E-state index is 0.00199. The van der Waals surface area contributed by atoms with Crippen LogP contribution in [0.15, 0.2) is 29.3 Å². The average molecular weight is 296 g/mol. The highest BCUT2D eigenvalue weighted by molar-refractivity contribution is 8.00. The third-order valence-corrected chi connectivity index (χ3v) is 5.94. The SMILES string of the molecule is CC1SCCCC12CN=C(N)N2c1ccccc1Cl. The molecular formula is C14H18ClN3S. The molecule has 0 bridgehead atoms. The third-order valence-electron chi connectivity index (χ3n) is 4.16. The predicted octanol–water partition coefficient (Wildman–Crippen LogP) is 3.13. The number of hydrogen-bond donors (Lipinski definition) is 1. The zero-order valence-electron chi connectivity index (χ0n) is 11.0. The number of benzene rings is 1. The van der Waals surface area contributed by atoms with Gasteiger partial charge < -0.3 is 10.6 Å². The molecule has 2 aliphatic rings. The van der Waals surface area contributed by atoms with Crippen LogP contribution in [-0.4, -0.2) is 29.0 Å². The summed E-state index contributed by atoms with van der Waals surface area (Å²) in [5.41, 5.74) is 7.14. The Hall–Kier alpha value is -0.870. The number of thioether (sulfide) groups is 1. The largest absolute Gasteiger partial charge is 0.369 e. The smallest absolute Gasteiger partial charge is 0.196 e. The summed E-state index contributed by atoms with van der Waals surface area (Å²) in [6.07, 6.45) is 2.33. The van der Waals surface area contributed by atoms with Crippen molar-refractivity contribution in [3.8, 4) is 0 Å². The van der Waals surface area contributed by atoms with E-state index in [4.69, 9.17) is 17.3 Å². The number of para-hydroxylation sites is 1. The van der Waals surface area contributed by atoms with Crippen molar-refractivity contribution < 1.29 is 0 Å². The van der Waals surface area contributed by atoms with E-state index >= 15 is 0 Å². The normalized spacial score (nSPS) is 30.7. The van der Waals surface area contributed by atoms with E-state index < -0.39 is 0 Å². The lowest BCUT2D eigenvalue weighted by molar-refractivity contribution is 0.404. The third kappa shape index (κ3) is 2.01. The number of aliphatic imine (C=N–C) groups is 1. The molecule has 0 radical (unpaired) electrons. The number of rotatable bonds is 1. The maximum Gasteiger partial charge on any atom is 0.196 e. The van der Waals surface area contributed by atoms with Gasteiger partial charge in [-0.15, -0.1) is 0 Å². The van der Waals surface area contributed by atoms with Crippen molar-refractivity contribution in [3.63, 3.8) is 0 Å². The first kappa shape index (κ1) is 13.1. The molecule has 0 aliphatic carbocycles. The van der Waals surface area contributed by atoms with Crippen LogP contribution in [0.4, 0.5) is 5.69 Å². The van der Waals surface area contributed by atoms with E-state index in [0.29, 0.717) is 11.2 Å². The van der Waals surface area contributed by atoms with Gasteiger partial charge >= 0.3 is 0 Å². The summed E-state index contributed by atoms with van der Waals surface area (Å²) < 4.78 is 0. The Morgan fingerprint density at radius 2 is 2.26 bits per heavy atom. The first-order valence-corrected chi connectivity index (χ1v) is 8.04. The zero-order valence-corrected chi connectivity index (χ0v) is 12.5. The van der Waals surface area contributed by atoms with E-state index in [1.54, 1.807) is 0 Å². The lowest BCUT2D eigenvalue weighted by Gasteiger charge is -2.46. The summed E-state index contributed by atoms with van der Waals surface area (Å²) in [5.74, 6) is 1.82. The van der Waals surface area contributed by atoms with Crippen molar-refractivity contribution in [2.75, 3.05) is 17.2 Å². The van der Waals surface area contributed by atoms with Gasteiger partial charge in [-0.3, -0.25) is 4.99 Å². The number of halogens is 1. The lowest BCUT2D eigenvalue weighted by atomic mass is 9.88. The Morgan fingerprint density at radius 3 is 3.00 bits per heavy atom. The van der Waals surface area contributed by atoms with Gasteiger partial charge in [0.25, 0.3) is 0 Å². The van der Waals surface area contributed by atoms with Crippen LogP contribution in [0.25, 0.3) is 0 Å². The van der Waals surface area contributed by atoms with Crippen molar-refractivity contribution in [3.05, 3.63) is 29.3 Å². The number of hydrogen-bond acceptors (Lipinski definition) is 4. The van der Waals surface area contributed by atoms with Crippen molar-refractivity contribution >= 4 is 35.0 Å². The molecule has 19 heavy (non-hydrogen) atoms. The van der Waals surface area contributed by atoms with Crippen LogP contribution < -0.4 is 10.6 Å². The van der Waals surface area contributed by atoms with E-state index in [9.17, 15) is 0 Å². The minimum Gasteiger partial charge on any atom is -0.369 e. The van der Waals surface area contributed by atoms with E-state index in [2.05, 4.69) is 16.8 Å². The van der Waals surface area contributed by atoms with E-state index in [1.807, 2.05) is 36.0 Å². The molecule has 2 aliphatic heterocycles. The molecule has 1 saturated heterocycles. The maximum absolute atomic E-state index is 6.36. The van der Waals surface area contributed by atoms with Crippen molar-refractivity contribution in [1.29, 1.82) is 0 Å². The van der Waals surface area contributed by atoms with Gasteiger partial charge in [0.05, 0.1) is 22.8 Å².